The van der Waals surface area contributed by atoms with Gasteiger partial charge in [0.05, 0.1) is 5.71 Å². The van der Waals surface area contributed by atoms with E-state index in [1.165, 1.54) is 0 Å². The van der Waals surface area contributed by atoms with Crippen LogP contribution in [0.3, 0.4) is 0 Å². The molecule has 1 aliphatic rings. The lowest BCUT2D eigenvalue weighted by molar-refractivity contribution is 0.785. The van der Waals surface area contributed by atoms with Crippen molar-refractivity contribution in [2.45, 2.75) is 20.3 Å². The van der Waals surface area contributed by atoms with Gasteiger partial charge in [-0.05, 0) is 13.3 Å². The Morgan fingerprint density at radius 1 is 1.64 bits per heavy atom. The molecular weight excluding hydrogens is 174 g/mol. The highest BCUT2D eigenvalue weighted by molar-refractivity contribution is 6.00. The second-order valence-electron chi connectivity index (χ2n) is 3.54. The first-order chi connectivity index (χ1) is 6.83. The summed E-state index contributed by atoms with van der Waals surface area (Å²) in [5.41, 5.74) is 1.13. The maximum absolute atomic E-state index is 4.53. The van der Waals surface area contributed by atoms with Crippen LogP contribution < -0.4 is 0 Å². The summed E-state index contributed by atoms with van der Waals surface area (Å²) >= 11 is 0. The molecule has 2 heterocycles. The zero-order valence-corrected chi connectivity index (χ0v) is 8.64. The van der Waals surface area contributed by atoms with Crippen LogP contribution in [0.15, 0.2) is 23.5 Å². The molecule has 3 heteroatoms. The van der Waals surface area contributed by atoms with Gasteiger partial charge in [0, 0.05) is 31.1 Å². The first-order valence-corrected chi connectivity index (χ1v) is 5.07. The third-order valence-corrected chi connectivity index (χ3v) is 2.45. The molecule has 1 atom stereocenters. The zero-order chi connectivity index (χ0) is 9.97. The summed E-state index contributed by atoms with van der Waals surface area (Å²) in [6.45, 7) is 5.08. The van der Waals surface area contributed by atoms with Gasteiger partial charge in [-0.1, -0.05) is 13.0 Å². The van der Waals surface area contributed by atoms with E-state index in [1.54, 1.807) is 0 Å². The maximum atomic E-state index is 4.53. The van der Waals surface area contributed by atoms with Crippen molar-refractivity contribution in [3.8, 4) is 0 Å². The lowest BCUT2D eigenvalue weighted by Gasteiger charge is -2.09. The summed E-state index contributed by atoms with van der Waals surface area (Å²) in [5, 5.41) is 0. The lowest BCUT2D eigenvalue weighted by Crippen LogP contribution is -2.15. The molecule has 1 aromatic rings. The molecule has 0 spiro atoms. The van der Waals surface area contributed by atoms with Gasteiger partial charge < -0.3 is 4.57 Å². The van der Waals surface area contributed by atoms with E-state index in [9.17, 15) is 0 Å². The Bertz CT molecular complexity index is 374. The van der Waals surface area contributed by atoms with E-state index in [-0.39, 0.29) is 0 Å². The summed E-state index contributed by atoms with van der Waals surface area (Å²) in [5.74, 6) is 1.46. The number of hydrogen-bond acceptors (Lipinski definition) is 2. The number of imidazole rings is 1. The summed E-state index contributed by atoms with van der Waals surface area (Å²) < 4.78 is 2.04. The van der Waals surface area contributed by atoms with Crippen molar-refractivity contribution >= 4 is 11.9 Å². The van der Waals surface area contributed by atoms with Crippen molar-refractivity contribution in [2.75, 3.05) is 6.54 Å². The van der Waals surface area contributed by atoms with E-state index in [1.807, 2.05) is 17.0 Å². The number of rotatable bonds is 1. The van der Waals surface area contributed by atoms with Gasteiger partial charge in [0.2, 0.25) is 0 Å². The average molecular weight is 189 g/mol. The van der Waals surface area contributed by atoms with Gasteiger partial charge in [-0.15, -0.1) is 0 Å². The molecule has 0 fully saturated rings. The van der Waals surface area contributed by atoms with Crippen LogP contribution in [0.5, 0.6) is 0 Å². The van der Waals surface area contributed by atoms with Gasteiger partial charge in [0.15, 0.2) is 5.82 Å². The first-order valence-electron chi connectivity index (χ1n) is 5.07. The molecule has 0 saturated heterocycles. The van der Waals surface area contributed by atoms with Crippen molar-refractivity contribution in [2.24, 2.45) is 10.9 Å². The van der Waals surface area contributed by atoms with E-state index < -0.39 is 0 Å². The molecule has 0 aromatic carbocycles. The molecule has 0 aliphatic carbocycles. The van der Waals surface area contributed by atoms with Crippen molar-refractivity contribution in [1.82, 2.24) is 9.55 Å². The summed E-state index contributed by atoms with van der Waals surface area (Å²) in [4.78, 5) is 8.88. The van der Waals surface area contributed by atoms with Crippen LogP contribution >= 0.6 is 0 Å². The Morgan fingerprint density at radius 2 is 2.50 bits per heavy atom. The second kappa shape index (κ2) is 3.78. The Morgan fingerprint density at radius 3 is 3.29 bits per heavy atom. The van der Waals surface area contributed by atoms with Crippen LogP contribution in [-0.2, 0) is 0 Å². The largest absolute Gasteiger partial charge is 0.306 e. The van der Waals surface area contributed by atoms with Crippen molar-refractivity contribution in [3.05, 3.63) is 24.3 Å². The van der Waals surface area contributed by atoms with Gasteiger partial charge in [-0.2, -0.15) is 0 Å². The van der Waals surface area contributed by atoms with E-state index in [0.717, 1.165) is 24.5 Å². The number of hydrogen-bond donors (Lipinski definition) is 0. The highest BCUT2D eigenvalue weighted by Gasteiger charge is 2.17. The highest BCUT2D eigenvalue weighted by atomic mass is 15.1. The number of aromatic nitrogens is 2. The smallest absolute Gasteiger partial charge is 0.158 e. The number of allylic oxidation sites excluding steroid dienone is 1. The third-order valence-electron chi connectivity index (χ3n) is 2.45. The molecule has 1 aromatic heterocycles. The molecule has 0 N–H and O–H groups in total. The zero-order valence-electron chi connectivity index (χ0n) is 8.64. The third kappa shape index (κ3) is 1.50. The molecular formula is C11H15N3. The highest BCUT2D eigenvalue weighted by Crippen LogP contribution is 2.17. The molecule has 0 saturated carbocycles. The van der Waals surface area contributed by atoms with E-state index >= 15 is 0 Å². The fourth-order valence-corrected chi connectivity index (χ4v) is 1.74. The second-order valence-corrected chi connectivity index (χ2v) is 3.54. The van der Waals surface area contributed by atoms with Crippen LogP contribution in [0.1, 0.15) is 26.1 Å². The molecule has 1 aliphatic heterocycles. The van der Waals surface area contributed by atoms with Gasteiger partial charge in [-0.25, -0.2) is 4.98 Å². The number of nitrogens with zero attached hydrogens (tertiary/aromatic N) is 3. The summed E-state index contributed by atoms with van der Waals surface area (Å²) in [6.07, 6.45) is 9.07. The molecule has 14 heavy (non-hydrogen) atoms. The number of fused-ring (bicyclic) bond motifs is 1. The fourth-order valence-electron chi connectivity index (χ4n) is 1.74. The van der Waals surface area contributed by atoms with Gasteiger partial charge in [0.25, 0.3) is 0 Å². The molecule has 0 amide bonds. The summed E-state index contributed by atoms with van der Waals surface area (Å²) in [6, 6.07) is 0. The predicted molar refractivity (Wildman–Crippen MR) is 58.4 cm³/mol. The average Bonchev–Trinajstić information content (AvgIpc) is 2.57. The van der Waals surface area contributed by atoms with Crippen molar-refractivity contribution in [3.63, 3.8) is 0 Å². The minimum Gasteiger partial charge on any atom is -0.306 e. The van der Waals surface area contributed by atoms with Gasteiger partial charge in [-0.3, -0.25) is 4.99 Å². The lowest BCUT2D eigenvalue weighted by atomic mass is 10.0. The Balaban J connectivity index is 2.48. The normalized spacial score (nSPS) is 23.6. The Labute approximate surface area is 84.2 Å². The van der Waals surface area contributed by atoms with Crippen LogP contribution in [0.4, 0.5) is 0 Å². The molecule has 74 valence electrons. The van der Waals surface area contributed by atoms with E-state index in [2.05, 4.69) is 36.1 Å². The Hall–Kier alpha value is -1.38. The fraction of sp³-hybridized carbons (Fsp3) is 0.455. The first kappa shape index (κ1) is 9.19. The quantitative estimate of drug-likeness (QED) is 0.666. The SMILES string of the molecule is CCN=C1c2nccn2C=CCC1C. The van der Waals surface area contributed by atoms with Crippen molar-refractivity contribution < 1.29 is 0 Å². The molecule has 0 radical (unpaired) electrons. The van der Waals surface area contributed by atoms with Crippen molar-refractivity contribution in [1.29, 1.82) is 0 Å². The van der Waals surface area contributed by atoms with Gasteiger partial charge >= 0.3 is 0 Å². The van der Waals surface area contributed by atoms with Crippen LogP contribution in [0.2, 0.25) is 0 Å². The minimum absolute atomic E-state index is 0.467. The van der Waals surface area contributed by atoms with E-state index in [4.69, 9.17) is 0 Å². The van der Waals surface area contributed by atoms with Crippen LogP contribution in [0.25, 0.3) is 6.20 Å². The summed E-state index contributed by atoms with van der Waals surface area (Å²) in [7, 11) is 0. The minimum atomic E-state index is 0.467. The van der Waals surface area contributed by atoms with Crippen LogP contribution in [0, 0.1) is 5.92 Å². The predicted octanol–water partition coefficient (Wildman–Crippen LogP) is 2.20. The molecule has 2 rings (SSSR count). The molecule has 1 unspecified atom stereocenters. The van der Waals surface area contributed by atoms with Gasteiger partial charge in [0.1, 0.15) is 0 Å². The standard InChI is InChI=1S/C11H15N3/c1-3-12-10-9(2)5-4-7-14-8-6-13-11(10)14/h4,6-9H,3,5H2,1-2H3. The number of aliphatic imine (C=N–C) groups is 1. The van der Waals surface area contributed by atoms with E-state index in [0.29, 0.717) is 5.92 Å². The monoisotopic (exact) mass is 189 g/mol. The maximum Gasteiger partial charge on any atom is 0.158 e. The molecule has 0 bridgehead atoms. The topological polar surface area (TPSA) is 30.2 Å². The Kier molecular flexibility index (Phi) is 2.48. The van der Waals surface area contributed by atoms with Crippen LogP contribution in [-0.4, -0.2) is 21.8 Å². The molecule has 3 nitrogen and oxygen atoms in total.